The molecule has 2 aliphatic rings. The van der Waals surface area contributed by atoms with Gasteiger partial charge in [0.05, 0.1) is 19.4 Å². The van der Waals surface area contributed by atoms with Crippen LogP contribution in [-0.2, 0) is 32.6 Å². The van der Waals surface area contributed by atoms with Gasteiger partial charge in [0, 0.05) is 7.11 Å². The Kier molecular flexibility index (Phi) is 5.47. The van der Waals surface area contributed by atoms with Crippen molar-refractivity contribution in [2.24, 2.45) is 0 Å². The summed E-state index contributed by atoms with van der Waals surface area (Å²) in [6, 6.07) is 0. The van der Waals surface area contributed by atoms with Crippen LogP contribution in [-0.4, -0.2) is 56.9 Å². The molecule has 2 rings (SSSR count). The predicted octanol–water partition coefficient (Wildman–Crippen LogP) is 2.14. The Balaban J connectivity index is 2.10. The highest BCUT2D eigenvalue weighted by molar-refractivity contribution is 7.53. The lowest BCUT2D eigenvalue weighted by Gasteiger charge is -2.25. The van der Waals surface area contributed by atoms with Crippen molar-refractivity contribution < 1.29 is 32.6 Å². The van der Waals surface area contributed by atoms with E-state index in [2.05, 4.69) is 0 Å². The van der Waals surface area contributed by atoms with Crippen LogP contribution < -0.4 is 0 Å². The maximum atomic E-state index is 12.7. The molecule has 2 fully saturated rings. The van der Waals surface area contributed by atoms with Crippen LogP contribution in [0.15, 0.2) is 0 Å². The van der Waals surface area contributed by atoms with Crippen LogP contribution in [0.2, 0.25) is 0 Å². The molecule has 0 aliphatic carbocycles. The van der Waals surface area contributed by atoms with Crippen LogP contribution in [0.25, 0.3) is 0 Å². The molecule has 8 heteroatoms. The molecule has 0 aromatic carbocycles. The second kappa shape index (κ2) is 6.62. The van der Waals surface area contributed by atoms with Gasteiger partial charge in [0.15, 0.2) is 12.1 Å². The van der Waals surface area contributed by atoms with Crippen molar-refractivity contribution in [2.75, 3.05) is 26.5 Å². The van der Waals surface area contributed by atoms with Crippen molar-refractivity contribution in [1.29, 1.82) is 0 Å². The smallest absolute Gasteiger partial charge is 0.333 e. The van der Waals surface area contributed by atoms with E-state index in [1.807, 2.05) is 13.8 Å². The first-order valence-electron chi connectivity index (χ1n) is 7.26. The SMILES string of the molecule is CCOP(=O)(C[C@H]1O[C@@H](OC)[C@@H]2OC(C)(C)O[C@@H]21)OCC. The molecule has 2 heterocycles. The Morgan fingerprint density at radius 3 is 2.19 bits per heavy atom. The van der Waals surface area contributed by atoms with Crippen LogP contribution in [0.3, 0.4) is 0 Å². The molecular weight excluding hydrogens is 299 g/mol. The van der Waals surface area contributed by atoms with Gasteiger partial charge in [-0.05, 0) is 27.7 Å². The van der Waals surface area contributed by atoms with Crippen molar-refractivity contribution in [3.05, 3.63) is 0 Å². The summed E-state index contributed by atoms with van der Waals surface area (Å²) in [5, 5.41) is 0. The van der Waals surface area contributed by atoms with Crippen molar-refractivity contribution in [2.45, 2.75) is 58.1 Å². The summed E-state index contributed by atoms with van der Waals surface area (Å²) < 4.78 is 46.0. The van der Waals surface area contributed by atoms with Gasteiger partial charge in [-0.2, -0.15) is 0 Å². The van der Waals surface area contributed by atoms with Crippen molar-refractivity contribution >= 4 is 7.60 Å². The summed E-state index contributed by atoms with van der Waals surface area (Å²) in [6.45, 7) is 7.85. The maximum Gasteiger partial charge on any atom is 0.333 e. The molecule has 0 aromatic rings. The van der Waals surface area contributed by atoms with E-state index in [9.17, 15) is 4.57 Å². The first-order valence-corrected chi connectivity index (χ1v) is 8.99. The minimum Gasteiger partial charge on any atom is -0.353 e. The van der Waals surface area contributed by atoms with Gasteiger partial charge in [0.2, 0.25) is 0 Å². The summed E-state index contributed by atoms with van der Waals surface area (Å²) in [5.74, 6) is -0.713. The largest absolute Gasteiger partial charge is 0.353 e. The van der Waals surface area contributed by atoms with E-state index >= 15 is 0 Å². The Labute approximate surface area is 125 Å². The number of fused-ring (bicyclic) bond motifs is 1. The third-order valence-corrected chi connectivity index (χ3v) is 5.50. The molecule has 2 aliphatic heterocycles. The maximum absolute atomic E-state index is 12.7. The summed E-state index contributed by atoms with van der Waals surface area (Å²) in [5.41, 5.74) is 0. The number of hydrogen-bond donors (Lipinski definition) is 0. The first-order chi connectivity index (χ1) is 9.84. The number of hydrogen-bond acceptors (Lipinski definition) is 7. The van der Waals surface area contributed by atoms with Crippen LogP contribution >= 0.6 is 7.60 Å². The standard InChI is InChI=1S/C13H25O7P/c1-6-16-21(14,17-7-2)8-9-10-11(12(15-5)18-9)20-13(3,4)19-10/h9-12H,6-8H2,1-5H3/t9-,10-,11-,12-/m1/s1. The molecular formula is C13H25O7P. The number of ether oxygens (including phenoxy) is 4. The summed E-state index contributed by atoms with van der Waals surface area (Å²) in [6.07, 6.45) is -1.56. The van der Waals surface area contributed by atoms with Crippen LogP contribution in [0.4, 0.5) is 0 Å². The molecule has 0 unspecified atom stereocenters. The molecule has 0 spiro atoms. The third kappa shape index (κ3) is 3.85. The molecule has 4 atom stereocenters. The Hall–Kier alpha value is -0.0100. The highest BCUT2D eigenvalue weighted by Crippen LogP contribution is 2.52. The van der Waals surface area contributed by atoms with Crippen LogP contribution in [0.5, 0.6) is 0 Å². The Bertz CT molecular complexity index is 390. The summed E-state index contributed by atoms with van der Waals surface area (Å²) in [7, 11) is -1.67. The van der Waals surface area contributed by atoms with E-state index in [1.165, 1.54) is 0 Å². The molecule has 0 bridgehead atoms. The lowest BCUT2D eigenvalue weighted by Crippen LogP contribution is -2.32. The summed E-state index contributed by atoms with van der Waals surface area (Å²) in [4.78, 5) is 0. The van der Waals surface area contributed by atoms with Crippen LogP contribution in [0, 0.1) is 0 Å². The zero-order valence-electron chi connectivity index (χ0n) is 13.2. The van der Waals surface area contributed by atoms with E-state index in [1.54, 1.807) is 21.0 Å². The average Bonchev–Trinajstić information content (AvgIpc) is 2.84. The van der Waals surface area contributed by atoms with Gasteiger partial charge in [0.1, 0.15) is 18.3 Å². The Morgan fingerprint density at radius 1 is 1.10 bits per heavy atom. The van der Waals surface area contributed by atoms with Gasteiger partial charge in [-0.25, -0.2) is 0 Å². The molecule has 0 N–H and O–H groups in total. The zero-order chi connectivity index (χ0) is 15.7. The molecule has 2 saturated heterocycles. The molecule has 0 saturated carbocycles. The normalized spacial score (nSPS) is 35.1. The highest BCUT2D eigenvalue weighted by Gasteiger charge is 2.57. The highest BCUT2D eigenvalue weighted by atomic mass is 31.2. The van der Waals surface area contributed by atoms with Crippen molar-refractivity contribution in [3.63, 3.8) is 0 Å². The number of methoxy groups -OCH3 is 1. The first kappa shape index (κ1) is 17.3. The van der Waals surface area contributed by atoms with Gasteiger partial charge in [-0.15, -0.1) is 0 Å². The zero-order valence-corrected chi connectivity index (χ0v) is 14.1. The lowest BCUT2D eigenvalue weighted by molar-refractivity contribution is -0.224. The van der Waals surface area contributed by atoms with Gasteiger partial charge in [0.25, 0.3) is 0 Å². The van der Waals surface area contributed by atoms with Gasteiger partial charge in [-0.3, -0.25) is 4.57 Å². The fourth-order valence-corrected chi connectivity index (χ4v) is 4.54. The fraction of sp³-hybridized carbons (Fsp3) is 1.00. The molecule has 0 aromatic heterocycles. The predicted molar refractivity (Wildman–Crippen MR) is 75.2 cm³/mol. The van der Waals surface area contributed by atoms with E-state index in [0.29, 0.717) is 13.2 Å². The minimum atomic E-state index is -3.21. The second-order valence-corrected chi connectivity index (χ2v) is 7.58. The van der Waals surface area contributed by atoms with Gasteiger partial charge >= 0.3 is 7.60 Å². The van der Waals surface area contributed by atoms with E-state index in [-0.39, 0.29) is 18.4 Å². The lowest BCUT2D eigenvalue weighted by atomic mass is 10.2. The topological polar surface area (TPSA) is 72.5 Å². The molecule has 0 radical (unpaired) electrons. The van der Waals surface area contributed by atoms with Crippen molar-refractivity contribution in [3.8, 4) is 0 Å². The van der Waals surface area contributed by atoms with E-state index < -0.39 is 25.8 Å². The number of rotatable bonds is 7. The second-order valence-electron chi connectivity index (χ2n) is 5.47. The average molecular weight is 324 g/mol. The third-order valence-electron chi connectivity index (χ3n) is 3.39. The van der Waals surface area contributed by atoms with E-state index in [4.69, 9.17) is 28.0 Å². The monoisotopic (exact) mass is 324 g/mol. The summed E-state index contributed by atoms with van der Waals surface area (Å²) >= 11 is 0. The molecule has 21 heavy (non-hydrogen) atoms. The fourth-order valence-electron chi connectivity index (χ4n) is 2.74. The van der Waals surface area contributed by atoms with Gasteiger partial charge in [-0.1, -0.05) is 0 Å². The van der Waals surface area contributed by atoms with Gasteiger partial charge < -0.3 is 28.0 Å². The molecule has 124 valence electrons. The molecule has 7 nitrogen and oxygen atoms in total. The Morgan fingerprint density at radius 2 is 1.67 bits per heavy atom. The van der Waals surface area contributed by atoms with Crippen molar-refractivity contribution in [1.82, 2.24) is 0 Å². The van der Waals surface area contributed by atoms with E-state index in [0.717, 1.165) is 0 Å². The van der Waals surface area contributed by atoms with Crippen LogP contribution in [0.1, 0.15) is 27.7 Å². The minimum absolute atomic E-state index is 0.120. The molecule has 0 amide bonds. The quantitative estimate of drug-likeness (QED) is 0.664.